The first-order valence-corrected chi connectivity index (χ1v) is 14.3. The first-order valence-electron chi connectivity index (χ1n) is 14.3. The molecule has 0 radical (unpaired) electrons. The maximum absolute atomic E-state index is 13.7. The molecule has 222 valence electrons. The molecule has 0 aliphatic heterocycles. The van der Waals surface area contributed by atoms with Crippen LogP contribution in [0.4, 0.5) is 4.79 Å². The largest absolute Gasteiger partial charge is 0.477 e. The molecule has 4 aliphatic rings. The van der Waals surface area contributed by atoms with E-state index in [1.165, 1.54) is 0 Å². The van der Waals surface area contributed by atoms with Crippen molar-refractivity contribution in [2.45, 2.75) is 71.4 Å². The van der Waals surface area contributed by atoms with Crippen LogP contribution in [0.25, 0.3) is 6.20 Å². The highest BCUT2D eigenvalue weighted by atomic mass is 16.5. The zero-order valence-corrected chi connectivity index (χ0v) is 24.4. The lowest BCUT2D eigenvalue weighted by Gasteiger charge is -2.65. The lowest BCUT2D eigenvalue weighted by atomic mass is 9.42. The highest BCUT2D eigenvalue weighted by Gasteiger charge is 2.61. The third-order valence-corrected chi connectivity index (χ3v) is 9.01. The third-order valence-electron chi connectivity index (χ3n) is 9.01. The Labute approximate surface area is 236 Å². The normalized spacial score (nSPS) is 27.4. The van der Waals surface area contributed by atoms with E-state index in [1.807, 2.05) is 33.2 Å². The van der Waals surface area contributed by atoms with Gasteiger partial charge in [0.25, 0.3) is 12.4 Å². The number of nitrogens with zero attached hydrogens (tertiary/aromatic N) is 3. The van der Waals surface area contributed by atoms with Crippen LogP contribution in [-0.4, -0.2) is 78.1 Å². The monoisotopic (exact) mass is 559 g/mol. The van der Waals surface area contributed by atoms with Gasteiger partial charge in [-0.1, -0.05) is 13.8 Å². The molecule has 11 heteroatoms. The molecule has 1 spiro atoms. The summed E-state index contributed by atoms with van der Waals surface area (Å²) in [5, 5.41) is 7.83. The number of nitrogens with two attached hydrogens (primary N) is 1. The van der Waals surface area contributed by atoms with E-state index < -0.39 is 6.09 Å². The minimum Gasteiger partial charge on any atom is -0.477 e. The summed E-state index contributed by atoms with van der Waals surface area (Å²) in [5.41, 5.74) is 5.30. The van der Waals surface area contributed by atoms with Crippen LogP contribution in [-0.2, 0) is 14.3 Å². The predicted octanol–water partition coefficient (Wildman–Crippen LogP) is 3.29. The maximum atomic E-state index is 13.7. The summed E-state index contributed by atoms with van der Waals surface area (Å²) >= 11 is 0. The van der Waals surface area contributed by atoms with E-state index in [0.717, 1.165) is 32.1 Å². The number of nitrogens with one attached hydrogen (secondary N) is 1. The van der Waals surface area contributed by atoms with Gasteiger partial charge in [0.1, 0.15) is 12.2 Å². The Bertz CT molecular complexity index is 1100. The van der Waals surface area contributed by atoms with Gasteiger partial charge in [-0.05, 0) is 88.2 Å². The molecule has 5 rings (SSSR count). The van der Waals surface area contributed by atoms with Gasteiger partial charge in [0.2, 0.25) is 5.88 Å². The molecule has 4 saturated carbocycles. The SMILES string of the molecule is CC(C)COc1c(C(=O)N[C@@H]2C3CC4C[C@@H](COC(N)=O)CC2(C4)C3)cnn1/C=C/C(C)(C)N(C)CCOC=O. The van der Waals surface area contributed by atoms with Crippen LogP contribution in [0.2, 0.25) is 0 Å². The van der Waals surface area contributed by atoms with E-state index >= 15 is 0 Å². The van der Waals surface area contributed by atoms with Gasteiger partial charge in [0.05, 0.1) is 19.4 Å². The van der Waals surface area contributed by atoms with Gasteiger partial charge in [-0.25, -0.2) is 9.48 Å². The Morgan fingerprint density at radius 1 is 1.30 bits per heavy atom. The topological polar surface area (TPSA) is 138 Å². The molecule has 1 aromatic rings. The summed E-state index contributed by atoms with van der Waals surface area (Å²) in [6, 6.07) is 0.0886. The number of carbonyl (C=O) groups is 3. The van der Waals surface area contributed by atoms with E-state index in [9.17, 15) is 14.4 Å². The van der Waals surface area contributed by atoms with E-state index in [1.54, 1.807) is 10.9 Å². The van der Waals surface area contributed by atoms with Gasteiger partial charge in [-0.15, -0.1) is 0 Å². The molecular weight excluding hydrogens is 514 g/mol. The molecule has 3 bridgehead atoms. The number of rotatable bonds is 14. The Hall–Kier alpha value is -3.08. The van der Waals surface area contributed by atoms with E-state index in [2.05, 4.69) is 29.2 Å². The van der Waals surface area contributed by atoms with Crippen molar-refractivity contribution in [3.8, 4) is 5.88 Å². The summed E-state index contributed by atoms with van der Waals surface area (Å²) in [6.45, 7) is 10.3. The lowest BCUT2D eigenvalue weighted by molar-refractivity contribution is -0.130. The van der Waals surface area contributed by atoms with Crippen molar-refractivity contribution in [3.63, 3.8) is 0 Å². The van der Waals surface area contributed by atoms with E-state index in [0.29, 0.717) is 56.1 Å². The van der Waals surface area contributed by atoms with Crippen molar-refractivity contribution in [2.24, 2.45) is 34.8 Å². The third kappa shape index (κ3) is 6.62. The van der Waals surface area contributed by atoms with Crippen LogP contribution in [0.5, 0.6) is 5.88 Å². The van der Waals surface area contributed by atoms with Crippen molar-refractivity contribution >= 4 is 24.7 Å². The molecule has 1 aromatic heterocycles. The second kappa shape index (κ2) is 12.2. The molecule has 2 amide bonds. The van der Waals surface area contributed by atoms with Crippen molar-refractivity contribution in [1.29, 1.82) is 0 Å². The smallest absolute Gasteiger partial charge is 0.404 e. The first-order chi connectivity index (χ1) is 18.9. The van der Waals surface area contributed by atoms with Crippen molar-refractivity contribution < 1.29 is 28.6 Å². The number of primary amides is 1. The summed E-state index contributed by atoms with van der Waals surface area (Å²) in [5.74, 6) is 1.86. The van der Waals surface area contributed by atoms with Gasteiger partial charge in [0, 0.05) is 24.3 Å². The Morgan fingerprint density at radius 2 is 2.08 bits per heavy atom. The average Bonchev–Trinajstić information content (AvgIpc) is 3.30. The summed E-state index contributed by atoms with van der Waals surface area (Å²) < 4.78 is 17.7. The molecule has 3 unspecified atom stereocenters. The second-order valence-corrected chi connectivity index (χ2v) is 12.9. The number of hydrogen-bond donors (Lipinski definition) is 2. The summed E-state index contributed by atoms with van der Waals surface area (Å²) in [7, 11) is 1.95. The average molecular weight is 560 g/mol. The molecule has 40 heavy (non-hydrogen) atoms. The van der Waals surface area contributed by atoms with Crippen molar-refractivity contribution in [2.75, 3.05) is 33.4 Å². The predicted molar refractivity (Wildman–Crippen MR) is 149 cm³/mol. The Kier molecular flexibility index (Phi) is 9.12. The fourth-order valence-electron chi connectivity index (χ4n) is 6.95. The molecule has 0 saturated heterocycles. The standard InChI is InChI=1S/C29H45N5O6/c1-19(2)16-39-26-23(15-31-34(26)7-6-28(3,4)33(5)8-9-38-18-35)25(36)32-24-22-11-20-10-21(17-40-27(30)37)13-29(24,12-20)14-22/h6-7,15,18-22,24H,8-14,16-17H2,1-5H3,(H2,30,37)(H,32,36)/b7-6+/t20?,21-,22?,24-,29?/m1/s1. The summed E-state index contributed by atoms with van der Waals surface area (Å²) in [4.78, 5) is 37.4. The Morgan fingerprint density at radius 3 is 2.77 bits per heavy atom. The van der Waals surface area contributed by atoms with E-state index in [4.69, 9.17) is 19.9 Å². The minimum absolute atomic E-state index is 0.0458. The lowest BCUT2D eigenvalue weighted by Crippen LogP contribution is -2.67. The van der Waals surface area contributed by atoms with Crippen molar-refractivity contribution in [3.05, 3.63) is 17.8 Å². The van der Waals surface area contributed by atoms with Crippen LogP contribution in [0.3, 0.4) is 0 Å². The molecule has 4 fully saturated rings. The molecular formula is C29H45N5O6. The number of aromatic nitrogens is 2. The molecule has 1 heterocycles. The maximum Gasteiger partial charge on any atom is 0.404 e. The zero-order chi connectivity index (χ0) is 29.1. The number of carbonyl (C=O) groups excluding carboxylic acids is 3. The molecule has 5 atom stereocenters. The van der Waals surface area contributed by atoms with Crippen LogP contribution in [0.1, 0.15) is 70.2 Å². The molecule has 4 aliphatic carbocycles. The van der Waals surface area contributed by atoms with Gasteiger partial charge in [0.15, 0.2) is 0 Å². The van der Waals surface area contributed by atoms with Crippen LogP contribution < -0.4 is 15.8 Å². The van der Waals surface area contributed by atoms with E-state index in [-0.39, 0.29) is 34.7 Å². The van der Waals surface area contributed by atoms with Crippen LogP contribution in [0, 0.1) is 29.1 Å². The number of ether oxygens (including phenoxy) is 3. The molecule has 11 nitrogen and oxygen atoms in total. The van der Waals surface area contributed by atoms with Gasteiger partial charge in [-0.3, -0.25) is 14.5 Å². The zero-order valence-electron chi connectivity index (χ0n) is 24.4. The minimum atomic E-state index is -0.730. The fourth-order valence-corrected chi connectivity index (χ4v) is 6.95. The second-order valence-electron chi connectivity index (χ2n) is 12.9. The molecule has 3 N–H and O–H groups in total. The van der Waals surface area contributed by atoms with Gasteiger partial charge < -0.3 is 25.3 Å². The van der Waals surface area contributed by atoms with Crippen LogP contribution >= 0.6 is 0 Å². The Balaban J connectivity index is 1.48. The fraction of sp³-hybridized carbons (Fsp3) is 0.724. The van der Waals surface area contributed by atoms with Gasteiger partial charge >= 0.3 is 6.09 Å². The number of likely N-dealkylation sites (N-methyl/N-ethyl adjacent to an activating group) is 1. The quantitative estimate of drug-likeness (QED) is 0.262. The first kappa shape index (κ1) is 29.9. The molecule has 0 aromatic carbocycles. The number of hydrogen-bond acceptors (Lipinski definition) is 8. The highest BCUT2D eigenvalue weighted by Crippen LogP contribution is 2.64. The van der Waals surface area contributed by atoms with Crippen LogP contribution in [0.15, 0.2) is 12.3 Å². The van der Waals surface area contributed by atoms with Crippen molar-refractivity contribution in [1.82, 2.24) is 20.0 Å². The summed E-state index contributed by atoms with van der Waals surface area (Å²) in [6.07, 6.45) is 9.90. The number of amides is 2. The highest BCUT2D eigenvalue weighted by molar-refractivity contribution is 5.96. The van der Waals surface area contributed by atoms with Gasteiger partial charge in [-0.2, -0.15) is 5.10 Å².